The summed E-state index contributed by atoms with van der Waals surface area (Å²) in [6.45, 7) is 2.29. The van der Waals surface area contributed by atoms with Crippen LogP contribution in [0.1, 0.15) is 49.7 Å². The Morgan fingerprint density at radius 1 is 0.707 bits per heavy atom. The van der Waals surface area contributed by atoms with Crippen LogP contribution >= 0.6 is 0 Å². The number of pyridine rings is 2. The maximum Gasteiger partial charge on any atom is 0.224 e. The maximum absolute atomic E-state index is 2.65. The minimum Gasteiger partial charge on any atom is -0.307 e. The second kappa shape index (κ2) is 7.68. The molecule has 0 spiro atoms. The molecule has 4 bridgehead atoms. The van der Waals surface area contributed by atoms with Gasteiger partial charge in [-0.2, -0.15) is 0 Å². The van der Waals surface area contributed by atoms with Gasteiger partial charge < -0.3 is 4.40 Å². The van der Waals surface area contributed by atoms with Crippen LogP contribution in [-0.4, -0.2) is 4.40 Å². The molecule has 41 heavy (non-hydrogen) atoms. The fourth-order valence-corrected chi connectivity index (χ4v) is 10.3. The van der Waals surface area contributed by atoms with Crippen molar-refractivity contribution >= 4 is 49.0 Å². The van der Waals surface area contributed by atoms with Crippen molar-refractivity contribution < 1.29 is 4.57 Å². The summed E-state index contributed by atoms with van der Waals surface area (Å²) in [6, 6.07) is 30.3. The molecule has 3 aromatic heterocycles. The van der Waals surface area contributed by atoms with E-state index in [-0.39, 0.29) is 0 Å². The van der Waals surface area contributed by atoms with E-state index in [2.05, 4.69) is 108 Å². The lowest BCUT2D eigenvalue weighted by atomic mass is 9.48. The highest BCUT2D eigenvalue weighted by atomic mass is 15.0. The summed E-state index contributed by atoms with van der Waals surface area (Å²) < 4.78 is 5.01. The molecule has 4 aromatic carbocycles. The molecule has 200 valence electrons. The summed E-state index contributed by atoms with van der Waals surface area (Å²) >= 11 is 0. The summed E-state index contributed by atoms with van der Waals surface area (Å²) in [5.74, 6) is 2.82. The van der Waals surface area contributed by atoms with Crippen molar-refractivity contribution in [1.82, 2.24) is 4.40 Å². The van der Waals surface area contributed by atoms with E-state index in [0.717, 1.165) is 17.8 Å². The van der Waals surface area contributed by atoms with Crippen LogP contribution < -0.4 is 4.57 Å². The molecule has 0 aliphatic heterocycles. The standard InChI is InChI=1S/C39H35N2/c1-23-8-10-31-32-18-28(27-6-4-3-5-7-27)9-11-33(32)41-34-19-30(39-20-24-14-25(21-39)16-26(15-24)22-39)17-29-12-13-40(2)38(36(29)34)35(23)37(31)41/h3-13,17-19,24-26H,14-16,20-22H2,1-2H3/q+1. The number of benzene rings is 4. The van der Waals surface area contributed by atoms with Crippen LogP contribution in [-0.2, 0) is 12.5 Å². The highest BCUT2D eigenvalue weighted by molar-refractivity contribution is 6.26. The Balaban J connectivity index is 1.36. The summed E-state index contributed by atoms with van der Waals surface area (Å²) in [4.78, 5) is 0. The molecule has 0 radical (unpaired) electrons. The number of fused-ring (bicyclic) bond motifs is 5. The molecule has 0 amide bonds. The fourth-order valence-electron chi connectivity index (χ4n) is 10.3. The summed E-state index contributed by atoms with van der Waals surface area (Å²) in [6.07, 6.45) is 11.0. The van der Waals surface area contributed by atoms with E-state index in [0.29, 0.717) is 5.41 Å². The van der Waals surface area contributed by atoms with Gasteiger partial charge in [0, 0.05) is 16.8 Å². The smallest absolute Gasteiger partial charge is 0.224 e. The van der Waals surface area contributed by atoms with Gasteiger partial charge in [0.25, 0.3) is 0 Å². The lowest BCUT2D eigenvalue weighted by Gasteiger charge is -2.57. The van der Waals surface area contributed by atoms with Crippen molar-refractivity contribution in [2.45, 2.75) is 50.9 Å². The van der Waals surface area contributed by atoms with Crippen LogP contribution in [0, 0.1) is 24.7 Å². The van der Waals surface area contributed by atoms with Gasteiger partial charge in [-0.15, -0.1) is 0 Å². The van der Waals surface area contributed by atoms with Crippen molar-refractivity contribution in [1.29, 1.82) is 0 Å². The summed E-state index contributed by atoms with van der Waals surface area (Å²) in [7, 11) is 2.23. The molecule has 2 heteroatoms. The third-order valence-electron chi connectivity index (χ3n) is 11.6. The average Bonchev–Trinajstić information content (AvgIpc) is 3.31. The monoisotopic (exact) mass is 531 g/mol. The second-order valence-corrected chi connectivity index (χ2v) is 14.0. The van der Waals surface area contributed by atoms with Gasteiger partial charge in [0.05, 0.1) is 27.3 Å². The van der Waals surface area contributed by atoms with Crippen molar-refractivity contribution in [3.8, 4) is 11.1 Å². The number of hydrogen-bond donors (Lipinski definition) is 0. The van der Waals surface area contributed by atoms with E-state index in [1.807, 2.05) is 0 Å². The second-order valence-electron chi connectivity index (χ2n) is 14.0. The lowest BCUT2D eigenvalue weighted by Crippen LogP contribution is -2.48. The Kier molecular flexibility index (Phi) is 4.26. The third-order valence-corrected chi connectivity index (χ3v) is 11.6. The molecule has 0 N–H and O–H groups in total. The van der Waals surface area contributed by atoms with Crippen LogP contribution in [0.25, 0.3) is 60.1 Å². The highest BCUT2D eigenvalue weighted by Gasteiger charge is 2.51. The van der Waals surface area contributed by atoms with E-state index >= 15 is 0 Å². The van der Waals surface area contributed by atoms with Crippen LogP contribution in [0.15, 0.2) is 85.1 Å². The Morgan fingerprint density at radius 2 is 1.46 bits per heavy atom. The first-order valence-corrected chi connectivity index (χ1v) is 15.7. The van der Waals surface area contributed by atoms with E-state index in [4.69, 9.17) is 0 Å². The topological polar surface area (TPSA) is 8.29 Å². The Labute approximate surface area is 240 Å². The van der Waals surface area contributed by atoms with Gasteiger partial charge in [0.2, 0.25) is 5.52 Å². The molecule has 4 aliphatic carbocycles. The van der Waals surface area contributed by atoms with Crippen LogP contribution in [0.4, 0.5) is 0 Å². The number of aromatic nitrogens is 2. The molecule has 0 unspecified atom stereocenters. The quantitative estimate of drug-likeness (QED) is 0.119. The maximum atomic E-state index is 2.65. The van der Waals surface area contributed by atoms with Crippen molar-refractivity contribution in [3.63, 3.8) is 0 Å². The molecular formula is C39H35N2+. The molecule has 0 saturated heterocycles. The predicted octanol–water partition coefficient (Wildman–Crippen LogP) is 9.26. The van der Waals surface area contributed by atoms with Crippen molar-refractivity contribution in [2.75, 3.05) is 0 Å². The molecule has 4 saturated carbocycles. The Hall–Kier alpha value is -3.91. The first-order valence-electron chi connectivity index (χ1n) is 15.7. The molecule has 4 aliphatic rings. The van der Waals surface area contributed by atoms with Crippen molar-refractivity contribution in [2.24, 2.45) is 24.8 Å². The largest absolute Gasteiger partial charge is 0.307 e. The van der Waals surface area contributed by atoms with Gasteiger partial charge in [-0.25, -0.2) is 4.57 Å². The minimum atomic E-state index is 0.368. The highest BCUT2D eigenvalue weighted by Crippen LogP contribution is 2.61. The first-order chi connectivity index (χ1) is 20.1. The van der Waals surface area contributed by atoms with Crippen LogP contribution in [0.2, 0.25) is 0 Å². The van der Waals surface area contributed by atoms with E-state index in [9.17, 15) is 0 Å². The number of hydrogen-bond acceptors (Lipinski definition) is 0. The fraction of sp³-hybridized carbons (Fsp3) is 0.308. The Bertz CT molecular complexity index is 2160. The molecule has 3 heterocycles. The van der Waals surface area contributed by atoms with Crippen LogP contribution in [0.3, 0.4) is 0 Å². The zero-order valence-corrected chi connectivity index (χ0v) is 24.0. The van der Waals surface area contributed by atoms with E-state index in [1.54, 1.807) is 5.56 Å². The number of rotatable bonds is 2. The molecular weight excluding hydrogens is 496 g/mol. The molecule has 0 atom stereocenters. The minimum absolute atomic E-state index is 0.368. The summed E-state index contributed by atoms with van der Waals surface area (Å²) in [5, 5.41) is 6.93. The van der Waals surface area contributed by atoms with Gasteiger partial charge in [0.15, 0.2) is 6.20 Å². The third kappa shape index (κ3) is 2.91. The van der Waals surface area contributed by atoms with Gasteiger partial charge >= 0.3 is 0 Å². The van der Waals surface area contributed by atoms with Crippen LogP contribution in [0.5, 0.6) is 0 Å². The zero-order valence-electron chi connectivity index (χ0n) is 24.0. The van der Waals surface area contributed by atoms with E-state index < -0.39 is 0 Å². The normalized spacial score (nSPS) is 25.6. The molecule has 2 nitrogen and oxygen atoms in total. The van der Waals surface area contributed by atoms with Gasteiger partial charge in [0.1, 0.15) is 7.05 Å². The lowest BCUT2D eigenvalue weighted by molar-refractivity contribution is -0.643. The van der Waals surface area contributed by atoms with Gasteiger partial charge in [-0.05, 0) is 121 Å². The van der Waals surface area contributed by atoms with Gasteiger partial charge in [-0.3, -0.25) is 0 Å². The van der Waals surface area contributed by atoms with Gasteiger partial charge in [-0.1, -0.05) is 48.5 Å². The first kappa shape index (κ1) is 22.7. The molecule has 7 aromatic rings. The Morgan fingerprint density at radius 3 is 2.22 bits per heavy atom. The average molecular weight is 532 g/mol. The summed E-state index contributed by atoms with van der Waals surface area (Å²) in [5.41, 5.74) is 11.4. The van der Waals surface area contributed by atoms with E-state index in [1.165, 1.54) is 104 Å². The zero-order chi connectivity index (χ0) is 27.0. The molecule has 11 rings (SSSR count). The van der Waals surface area contributed by atoms with Crippen molar-refractivity contribution in [3.05, 3.63) is 96.2 Å². The predicted molar refractivity (Wildman–Crippen MR) is 170 cm³/mol. The molecule has 4 fully saturated rings. The SMILES string of the molecule is Cc1ccc2c3cc(-c4ccccc4)ccc3n3c4cc(C56CC7CC(CC(C7)C5)C6)cc5cc[n+](C)c(c1c23)c54. The number of nitrogens with zero attached hydrogens (tertiary/aromatic N) is 2. The number of aryl methyl sites for hydroxylation is 2.